The van der Waals surface area contributed by atoms with E-state index in [1.54, 1.807) is 48.5 Å². The lowest BCUT2D eigenvalue weighted by Crippen LogP contribution is -2.36. The summed E-state index contributed by atoms with van der Waals surface area (Å²) >= 11 is 5.90. The molecule has 1 fully saturated rings. The first kappa shape index (κ1) is 19.7. The van der Waals surface area contributed by atoms with Crippen LogP contribution in [-0.4, -0.2) is 31.8 Å². The zero-order valence-corrected chi connectivity index (χ0v) is 16.4. The monoisotopic (exact) mass is 407 g/mol. The van der Waals surface area contributed by atoms with Crippen LogP contribution in [0.4, 0.5) is 10.5 Å². The van der Waals surface area contributed by atoms with Crippen LogP contribution in [0.1, 0.15) is 24.8 Å². The highest BCUT2D eigenvalue weighted by atomic mass is 35.5. The fourth-order valence-corrected chi connectivity index (χ4v) is 4.99. The molecular formula is C19H22ClN3O3S. The van der Waals surface area contributed by atoms with E-state index in [1.165, 1.54) is 4.31 Å². The molecule has 2 aromatic carbocycles. The average molecular weight is 408 g/mol. The lowest BCUT2D eigenvalue weighted by molar-refractivity contribution is 0.251. The van der Waals surface area contributed by atoms with E-state index in [0.717, 1.165) is 19.3 Å². The van der Waals surface area contributed by atoms with Crippen LogP contribution >= 0.6 is 11.6 Å². The molecule has 1 aliphatic heterocycles. The summed E-state index contributed by atoms with van der Waals surface area (Å²) in [4.78, 5) is 12.4. The summed E-state index contributed by atoms with van der Waals surface area (Å²) in [6, 6.07) is 13.2. The van der Waals surface area contributed by atoms with E-state index in [9.17, 15) is 13.2 Å². The van der Waals surface area contributed by atoms with Gasteiger partial charge in [0.25, 0.3) is 0 Å². The fraction of sp³-hybridized carbons (Fsp3) is 0.316. The molecule has 0 radical (unpaired) electrons. The van der Waals surface area contributed by atoms with Crippen LogP contribution in [0.25, 0.3) is 0 Å². The normalized spacial score (nSPS) is 15.3. The average Bonchev–Trinajstić information content (AvgIpc) is 2.67. The number of carbonyl (C=O) groups excluding carboxylic acids is 1. The molecule has 0 aliphatic carbocycles. The summed E-state index contributed by atoms with van der Waals surface area (Å²) in [5.74, 6) is 0. The van der Waals surface area contributed by atoms with Crippen LogP contribution in [0.2, 0.25) is 5.02 Å². The summed E-state index contributed by atoms with van der Waals surface area (Å²) in [6.07, 6.45) is 2.81. The van der Waals surface area contributed by atoms with Gasteiger partial charge >= 0.3 is 6.03 Å². The largest absolute Gasteiger partial charge is 0.334 e. The smallest absolute Gasteiger partial charge is 0.319 e. The van der Waals surface area contributed by atoms with Crippen LogP contribution in [0.15, 0.2) is 53.4 Å². The van der Waals surface area contributed by atoms with Crippen molar-refractivity contribution in [2.75, 3.05) is 18.4 Å². The first-order chi connectivity index (χ1) is 13.0. The van der Waals surface area contributed by atoms with E-state index < -0.39 is 16.1 Å². The van der Waals surface area contributed by atoms with Gasteiger partial charge in [0, 0.05) is 30.3 Å². The van der Waals surface area contributed by atoms with E-state index in [0.29, 0.717) is 29.4 Å². The first-order valence-corrected chi connectivity index (χ1v) is 10.7. The second kappa shape index (κ2) is 8.73. The Kier molecular flexibility index (Phi) is 6.36. The second-order valence-corrected chi connectivity index (χ2v) is 8.73. The van der Waals surface area contributed by atoms with E-state index in [-0.39, 0.29) is 11.4 Å². The summed E-state index contributed by atoms with van der Waals surface area (Å²) in [6.45, 7) is 1.19. The third kappa shape index (κ3) is 5.00. The lowest BCUT2D eigenvalue weighted by atomic mass is 10.2. The second-order valence-electron chi connectivity index (χ2n) is 6.39. The number of hydrogen-bond donors (Lipinski definition) is 2. The van der Waals surface area contributed by atoms with Crippen molar-refractivity contribution in [1.29, 1.82) is 0 Å². The van der Waals surface area contributed by atoms with Crippen molar-refractivity contribution in [2.45, 2.75) is 30.7 Å². The number of anilines is 1. The zero-order chi connectivity index (χ0) is 19.3. The molecule has 0 aromatic heterocycles. The van der Waals surface area contributed by atoms with Crippen LogP contribution in [0.3, 0.4) is 0 Å². The predicted molar refractivity (Wildman–Crippen MR) is 106 cm³/mol. The fourth-order valence-electron chi connectivity index (χ4n) is 3.06. The molecule has 8 heteroatoms. The number of carbonyl (C=O) groups is 1. The molecule has 2 amide bonds. The van der Waals surface area contributed by atoms with Gasteiger partial charge in [0.15, 0.2) is 0 Å². The van der Waals surface area contributed by atoms with Gasteiger partial charge in [0.1, 0.15) is 0 Å². The number of benzene rings is 2. The van der Waals surface area contributed by atoms with Crippen molar-refractivity contribution in [3.63, 3.8) is 0 Å². The molecule has 6 nitrogen and oxygen atoms in total. The van der Waals surface area contributed by atoms with Crippen molar-refractivity contribution >= 4 is 33.3 Å². The number of nitrogens with zero attached hydrogens (tertiary/aromatic N) is 1. The molecule has 0 bridgehead atoms. The molecule has 144 valence electrons. The number of urea groups is 1. The summed E-state index contributed by atoms with van der Waals surface area (Å²) in [7, 11) is -3.56. The van der Waals surface area contributed by atoms with Crippen LogP contribution in [0, 0.1) is 0 Å². The minimum atomic E-state index is -3.56. The minimum Gasteiger partial charge on any atom is -0.334 e. The Morgan fingerprint density at radius 3 is 2.52 bits per heavy atom. The number of halogens is 1. The minimum absolute atomic E-state index is 0.107. The molecular weight excluding hydrogens is 386 g/mol. The Morgan fingerprint density at radius 2 is 1.78 bits per heavy atom. The molecule has 1 saturated heterocycles. The summed E-state index contributed by atoms with van der Waals surface area (Å²) < 4.78 is 27.5. The maximum Gasteiger partial charge on any atom is 0.319 e. The Bertz CT molecular complexity index is 912. The highest BCUT2D eigenvalue weighted by Gasteiger charge is 2.27. The van der Waals surface area contributed by atoms with Gasteiger partial charge in [-0.3, -0.25) is 0 Å². The molecule has 2 N–H and O–H groups in total. The molecule has 27 heavy (non-hydrogen) atoms. The summed E-state index contributed by atoms with van der Waals surface area (Å²) in [5.41, 5.74) is 1.12. The summed E-state index contributed by atoms with van der Waals surface area (Å²) in [5, 5.41) is 5.91. The third-order valence-corrected chi connectivity index (χ3v) is 6.66. The quantitative estimate of drug-likeness (QED) is 0.790. The van der Waals surface area contributed by atoms with Crippen LogP contribution < -0.4 is 10.6 Å². The van der Waals surface area contributed by atoms with E-state index >= 15 is 0 Å². The van der Waals surface area contributed by atoms with Gasteiger partial charge in [0.05, 0.1) is 4.90 Å². The Morgan fingerprint density at radius 1 is 1.04 bits per heavy atom. The maximum absolute atomic E-state index is 13.0. The van der Waals surface area contributed by atoms with Crippen molar-refractivity contribution in [3.8, 4) is 0 Å². The predicted octanol–water partition coefficient (Wildman–Crippen LogP) is 3.84. The number of hydrogen-bond acceptors (Lipinski definition) is 3. The van der Waals surface area contributed by atoms with Crippen molar-refractivity contribution in [3.05, 3.63) is 59.1 Å². The molecule has 0 spiro atoms. The van der Waals surface area contributed by atoms with Crippen molar-refractivity contribution in [2.24, 2.45) is 0 Å². The van der Waals surface area contributed by atoms with Crippen molar-refractivity contribution in [1.82, 2.24) is 9.62 Å². The van der Waals surface area contributed by atoms with Crippen LogP contribution in [-0.2, 0) is 16.6 Å². The van der Waals surface area contributed by atoms with Gasteiger partial charge in [-0.05, 0) is 42.7 Å². The third-order valence-electron chi connectivity index (χ3n) is 4.43. The van der Waals surface area contributed by atoms with E-state index in [4.69, 9.17) is 11.6 Å². The molecule has 0 saturated carbocycles. The van der Waals surface area contributed by atoms with Crippen LogP contribution in [0.5, 0.6) is 0 Å². The SMILES string of the molecule is O=C(NCc1ccccc1S(=O)(=O)N1CCCCC1)Nc1cccc(Cl)c1. The van der Waals surface area contributed by atoms with Gasteiger partial charge in [-0.2, -0.15) is 4.31 Å². The molecule has 2 aromatic rings. The van der Waals surface area contributed by atoms with Gasteiger partial charge in [-0.1, -0.05) is 42.3 Å². The number of piperidine rings is 1. The molecule has 3 rings (SSSR count). The van der Waals surface area contributed by atoms with Gasteiger partial charge < -0.3 is 10.6 Å². The number of nitrogens with one attached hydrogen (secondary N) is 2. The number of rotatable bonds is 5. The Labute approximate surface area is 164 Å². The Hall–Kier alpha value is -2.09. The topological polar surface area (TPSA) is 78.5 Å². The molecule has 0 unspecified atom stereocenters. The van der Waals surface area contributed by atoms with Gasteiger partial charge in [-0.25, -0.2) is 13.2 Å². The van der Waals surface area contributed by atoms with E-state index in [1.807, 2.05) is 0 Å². The van der Waals surface area contributed by atoms with E-state index in [2.05, 4.69) is 10.6 Å². The van der Waals surface area contributed by atoms with Crippen molar-refractivity contribution < 1.29 is 13.2 Å². The Balaban J connectivity index is 1.69. The van der Waals surface area contributed by atoms with Gasteiger partial charge in [-0.15, -0.1) is 0 Å². The van der Waals surface area contributed by atoms with Gasteiger partial charge in [0.2, 0.25) is 10.0 Å². The molecule has 0 atom stereocenters. The number of amides is 2. The zero-order valence-electron chi connectivity index (χ0n) is 14.8. The molecule has 1 heterocycles. The molecule has 1 aliphatic rings. The standard InChI is InChI=1S/C19H22ClN3O3S/c20-16-8-6-9-17(13-16)22-19(24)21-14-15-7-2-3-10-18(15)27(25,26)23-11-4-1-5-12-23/h2-3,6-10,13H,1,4-5,11-12,14H2,(H2,21,22,24). The highest BCUT2D eigenvalue weighted by molar-refractivity contribution is 7.89. The highest BCUT2D eigenvalue weighted by Crippen LogP contribution is 2.23. The lowest BCUT2D eigenvalue weighted by Gasteiger charge is -2.26. The first-order valence-electron chi connectivity index (χ1n) is 8.85. The number of sulfonamides is 1. The maximum atomic E-state index is 13.0.